The van der Waals surface area contributed by atoms with E-state index in [4.69, 9.17) is 5.11 Å². The third-order valence-corrected chi connectivity index (χ3v) is 2.78. The van der Waals surface area contributed by atoms with Crippen molar-refractivity contribution in [3.8, 4) is 0 Å². The van der Waals surface area contributed by atoms with Gasteiger partial charge in [-0.1, -0.05) is 13.8 Å². The summed E-state index contributed by atoms with van der Waals surface area (Å²) in [6.45, 7) is 5.60. The predicted molar refractivity (Wildman–Crippen MR) is 60.0 cm³/mol. The fourth-order valence-corrected chi connectivity index (χ4v) is 1.68. The standard InChI is InChI=1S/C11H20N2O3/c1-7(2)3-8(11(15)16)6-13-10(14)9-4-12-5-9/h7-9,12H,3-6H2,1-2H3,(H,13,14)(H,15,16). The lowest BCUT2D eigenvalue weighted by Gasteiger charge is -2.26. The summed E-state index contributed by atoms with van der Waals surface area (Å²) in [5.74, 6) is -0.997. The average molecular weight is 228 g/mol. The Morgan fingerprint density at radius 1 is 1.44 bits per heavy atom. The van der Waals surface area contributed by atoms with Crippen molar-refractivity contribution in [3.05, 3.63) is 0 Å². The Bertz CT molecular complexity index is 262. The predicted octanol–water partition coefficient (Wildman–Crippen LogP) is 0.0689. The summed E-state index contributed by atoms with van der Waals surface area (Å²) in [4.78, 5) is 22.4. The first kappa shape index (κ1) is 13.0. The quantitative estimate of drug-likeness (QED) is 0.601. The van der Waals surface area contributed by atoms with Crippen molar-refractivity contribution in [2.24, 2.45) is 17.8 Å². The summed E-state index contributed by atoms with van der Waals surface area (Å²) in [5, 5.41) is 14.7. The van der Waals surface area contributed by atoms with E-state index in [-0.39, 0.29) is 18.4 Å². The number of hydrogen-bond donors (Lipinski definition) is 3. The van der Waals surface area contributed by atoms with Crippen molar-refractivity contribution in [3.63, 3.8) is 0 Å². The van der Waals surface area contributed by atoms with Crippen LogP contribution in [0.2, 0.25) is 0 Å². The Kier molecular flexibility index (Phi) is 4.73. The summed E-state index contributed by atoms with van der Waals surface area (Å²) in [5.41, 5.74) is 0. The minimum absolute atomic E-state index is 0.0218. The fourth-order valence-electron chi connectivity index (χ4n) is 1.68. The minimum atomic E-state index is -0.833. The Balaban J connectivity index is 2.31. The van der Waals surface area contributed by atoms with Crippen LogP contribution in [-0.2, 0) is 9.59 Å². The molecule has 16 heavy (non-hydrogen) atoms. The number of carboxylic acid groups (broad SMARTS) is 1. The van der Waals surface area contributed by atoms with Gasteiger partial charge in [0.25, 0.3) is 0 Å². The zero-order chi connectivity index (χ0) is 12.1. The van der Waals surface area contributed by atoms with Gasteiger partial charge in [-0.2, -0.15) is 0 Å². The van der Waals surface area contributed by atoms with E-state index in [0.29, 0.717) is 25.4 Å². The molecule has 0 aromatic carbocycles. The summed E-state index contributed by atoms with van der Waals surface area (Å²) < 4.78 is 0. The van der Waals surface area contributed by atoms with E-state index in [1.807, 2.05) is 13.8 Å². The number of carboxylic acids is 1. The molecule has 0 bridgehead atoms. The second-order valence-corrected chi connectivity index (χ2v) is 4.77. The van der Waals surface area contributed by atoms with Crippen LogP contribution in [0.25, 0.3) is 0 Å². The highest BCUT2D eigenvalue weighted by Crippen LogP contribution is 2.11. The van der Waals surface area contributed by atoms with Gasteiger partial charge >= 0.3 is 5.97 Å². The Morgan fingerprint density at radius 2 is 2.06 bits per heavy atom. The van der Waals surface area contributed by atoms with E-state index in [2.05, 4.69) is 10.6 Å². The third-order valence-electron chi connectivity index (χ3n) is 2.78. The molecule has 0 spiro atoms. The van der Waals surface area contributed by atoms with Crippen molar-refractivity contribution >= 4 is 11.9 Å². The number of aliphatic carboxylic acids is 1. The monoisotopic (exact) mass is 228 g/mol. The maximum absolute atomic E-state index is 11.5. The lowest BCUT2D eigenvalue weighted by atomic mass is 9.96. The van der Waals surface area contributed by atoms with Gasteiger partial charge in [0.15, 0.2) is 0 Å². The smallest absolute Gasteiger partial charge is 0.308 e. The Hall–Kier alpha value is -1.10. The number of hydrogen-bond acceptors (Lipinski definition) is 3. The molecule has 92 valence electrons. The van der Waals surface area contributed by atoms with Crippen molar-refractivity contribution < 1.29 is 14.7 Å². The first-order valence-corrected chi connectivity index (χ1v) is 5.72. The molecule has 0 aromatic heterocycles. The first-order valence-electron chi connectivity index (χ1n) is 5.72. The summed E-state index contributed by atoms with van der Waals surface area (Å²) in [7, 11) is 0. The number of amides is 1. The van der Waals surface area contributed by atoms with Crippen LogP contribution in [0.4, 0.5) is 0 Å². The maximum Gasteiger partial charge on any atom is 0.308 e. The van der Waals surface area contributed by atoms with Gasteiger partial charge in [-0.15, -0.1) is 0 Å². The lowest BCUT2D eigenvalue weighted by molar-refractivity contribution is -0.142. The minimum Gasteiger partial charge on any atom is -0.481 e. The second-order valence-electron chi connectivity index (χ2n) is 4.77. The van der Waals surface area contributed by atoms with E-state index in [1.54, 1.807) is 0 Å². The SMILES string of the molecule is CC(C)CC(CNC(=O)C1CNC1)C(=O)O. The largest absolute Gasteiger partial charge is 0.481 e. The van der Waals surface area contributed by atoms with Gasteiger partial charge in [-0.25, -0.2) is 0 Å². The molecule has 1 rings (SSSR count). The van der Waals surface area contributed by atoms with Crippen molar-refractivity contribution in [1.29, 1.82) is 0 Å². The van der Waals surface area contributed by atoms with Crippen molar-refractivity contribution in [2.75, 3.05) is 19.6 Å². The molecule has 1 atom stereocenters. The first-order chi connectivity index (χ1) is 7.50. The third kappa shape index (κ3) is 3.81. The molecule has 0 aromatic rings. The molecule has 5 heteroatoms. The van der Waals surface area contributed by atoms with E-state index >= 15 is 0 Å². The normalized spacial score (nSPS) is 17.9. The van der Waals surface area contributed by atoms with E-state index in [0.717, 1.165) is 0 Å². The van der Waals surface area contributed by atoms with Gasteiger partial charge < -0.3 is 15.7 Å². The lowest BCUT2D eigenvalue weighted by Crippen LogP contribution is -2.51. The molecule has 1 aliphatic rings. The zero-order valence-electron chi connectivity index (χ0n) is 9.82. The second kappa shape index (κ2) is 5.84. The highest BCUT2D eigenvalue weighted by molar-refractivity contribution is 5.80. The summed E-state index contributed by atoms with van der Waals surface area (Å²) in [6.07, 6.45) is 0.596. The molecule has 0 aliphatic carbocycles. The molecule has 0 saturated carbocycles. The average Bonchev–Trinajstić information content (AvgIpc) is 2.08. The molecule has 1 unspecified atom stereocenters. The van der Waals surface area contributed by atoms with Gasteiger partial charge in [0.05, 0.1) is 11.8 Å². The number of rotatable bonds is 6. The van der Waals surface area contributed by atoms with Crippen LogP contribution in [0.15, 0.2) is 0 Å². The van der Waals surface area contributed by atoms with Crippen LogP contribution in [0.3, 0.4) is 0 Å². The molecule has 3 N–H and O–H groups in total. The molecule has 0 radical (unpaired) electrons. The van der Waals surface area contributed by atoms with E-state index < -0.39 is 11.9 Å². The highest BCUT2D eigenvalue weighted by atomic mass is 16.4. The van der Waals surface area contributed by atoms with E-state index in [1.165, 1.54) is 0 Å². The highest BCUT2D eigenvalue weighted by Gasteiger charge is 2.26. The van der Waals surface area contributed by atoms with Crippen molar-refractivity contribution in [2.45, 2.75) is 20.3 Å². The van der Waals surface area contributed by atoms with Crippen LogP contribution in [0, 0.1) is 17.8 Å². The molecule has 1 aliphatic heterocycles. The molecule has 1 saturated heterocycles. The fraction of sp³-hybridized carbons (Fsp3) is 0.818. The van der Waals surface area contributed by atoms with E-state index in [9.17, 15) is 9.59 Å². The van der Waals surface area contributed by atoms with Crippen molar-refractivity contribution in [1.82, 2.24) is 10.6 Å². The summed E-state index contributed by atoms with van der Waals surface area (Å²) >= 11 is 0. The van der Waals surface area contributed by atoms with Gasteiger partial charge in [0, 0.05) is 19.6 Å². The van der Waals surface area contributed by atoms with Crippen LogP contribution in [0.1, 0.15) is 20.3 Å². The molecule has 1 amide bonds. The molecule has 5 nitrogen and oxygen atoms in total. The Labute approximate surface area is 95.6 Å². The molecular weight excluding hydrogens is 208 g/mol. The van der Waals surface area contributed by atoms with Gasteiger partial charge in [0.1, 0.15) is 0 Å². The van der Waals surface area contributed by atoms with Crippen LogP contribution in [0.5, 0.6) is 0 Å². The Morgan fingerprint density at radius 3 is 2.44 bits per heavy atom. The van der Waals surface area contributed by atoms with Crippen LogP contribution in [-0.4, -0.2) is 36.6 Å². The van der Waals surface area contributed by atoms with Gasteiger partial charge in [0.2, 0.25) is 5.91 Å². The number of nitrogens with one attached hydrogen (secondary N) is 2. The van der Waals surface area contributed by atoms with Gasteiger partial charge in [-0.05, 0) is 12.3 Å². The van der Waals surface area contributed by atoms with Crippen LogP contribution < -0.4 is 10.6 Å². The van der Waals surface area contributed by atoms with Crippen LogP contribution >= 0.6 is 0 Å². The topological polar surface area (TPSA) is 78.4 Å². The summed E-state index contributed by atoms with van der Waals surface area (Å²) in [6, 6.07) is 0. The molecule has 1 heterocycles. The maximum atomic E-state index is 11.5. The van der Waals surface area contributed by atoms with Gasteiger partial charge in [-0.3, -0.25) is 9.59 Å². The number of carbonyl (C=O) groups excluding carboxylic acids is 1. The number of carbonyl (C=O) groups is 2. The molecule has 1 fully saturated rings. The zero-order valence-corrected chi connectivity index (χ0v) is 9.82. The molecular formula is C11H20N2O3.